The van der Waals surface area contributed by atoms with Gasteiger partial charge in [0.2, 0.25) is 0 Å². The number of para-hydroxylation sites is 1. The SMILES string of the molecule is CS/C(=C\c1cccc(Oc2ccccc2)c1)[S+](C)[O-]. The zero-order valence-corrected chi connectivity index (χ0v) is 13.0. The van der Waals surface area contributed by atoms with Crippen LogP contribution >= 0.6 is 11.8 Å². The third-order valence-corrected chi connectivity index (χ3v) is 5.01. The summed E-state index contributed by atoms with van der Waals surface area (Å²) in [5.41, 5.74) is 0.984. The molecule has 0 N–H and O–H groups in total. The van der Waals surface area contributed by atoms with E-state index in [9.17, 15) is 4.55 Å². The van der Waals surface area contributed by atoms with Gasteiger partial charge in [0, 0.05) is 6.08 Å². The fraction of sp³-hybridized carbons (Fsp3) is 0.125. The summed E-state index contributed by atoms with van der Waals surface area (Å²) in [6, 6.07) is 17.4. The van der Waals surface area contributed by atoms with Crippen LogP contribution in [0.4, 0.5) is 0 Å². The molecule has 0 aromatic heterocycles. The average Bonchev–Trinajstić information content (AvgIpc) is 2.46. The van der Waals surface area contributed by atoms with Crippen molar-refractivity contribution in [3.05, 3.63) is 64.4 Å². The van der Waals surface area contributed by atoms with Crippen LogP contribution in [0.3, 0.4) is 0 Å². The summed E-state index contributed by atoms with van der Waals surface area (Å²) in [7, 11) is 0. The molecule has 0 bridgehead atoms. The van der Waals surface area contributed by atoms with Crippen LogP contribution in [0.15, 0.2) is 58.8 Å². The lowest BCUT2D eigenvalue weighted by atomic mass is 10.2. The molecule has 2 aromatic carbocycles. The minimum Gasteiger partial charge on any atom is -0.611 e. The Morgan fingerprint density at radius 1 is 1.10 bits per heavy atom. The normalized spacial score (nSPS) is 13.1. The van der Waals surface area contributed by atoms with Gasteiger partial charge in [0.05, 0.1) is 0 Å². The van der Waals surface area contributed by atoms with Gasteiger partial charge in [-0.05, 0) is 47.3 Å². The van der Waals surface area contributed by atoms with Crippen LogP contribution in [-0.4, -0.2) is 17.1 Å². The maximum absolute atomic E-state index is 11.5. The first-order valence-corrected chi connectivity index (χ1v) is 8.89. The van der Waals surface area contributed by atoms with Crippen LogP contribution in [-0.2, 0) is 11.2 Å². The summed E-state index contributed by atoms with van der Waals surface area (Å²) in [4.78, 5) is 0. The predicted molar refractivity (Wildman–Crippen MR) is 88.5 cm³/mol. The molecule has 0 saturated carbocycles. The zero-order valence-electron chi connectivity index (χ0n) is 11.4. The molecule has 0 aliphatic heterocycles. The van der Waals surface area contributed by atoms with Crippen molar-refractivity contribution in [1.82, 2.24) is 0 Å². The van der Waals surface area contributed by atoms with E-state index in [1.54, 1.807) is 6.26 Å². The number of hydrogen-bond acceptors (Lipinski definition) is 3. The fourth-order valence-electron chi connectivity index (χ4n) is 1.69. The highest BCUT2D eigenvalue weighted by Gasteiger charge is 2.07. The molecule has 2 aromatic rings. The maximum Gasteiger partial charge on any atom is 0.186 e. The first-order chi connectivity index (χ1) is 9.69. The predicted octanol–water partition coefficient (Wildman–Crippen LogP) is 4.52. The van der Waals surface area contributed by atoms with Crippen molar-refractivity contribution in [2.24, 2.45) is 0 Å². The smallest absolute Gasteiger partial charge is 0.186 e. The van der Waals surface area contributed by atoms with E-state index in [1.165, 1.54) is 11.8 Å². The van der Waals surface area contributed by atoms with Gasteiger partial charge in [-0.1, -0.05) is 42.1 Å². The van der Waals surface area contributed by atoms with E-state index in [0.717, 1.165) is 21.3 Å². The molecule has 0 aliphatic carbocycles. The summed E-state index contributed by atoms with van der Waals surface area (Å²) < 4.78 is 18.2. The monoisotopic (exact) mass is 304 g/mol. The quantitative estimate of drug-likeness (QED) is 0.761. The third-order valence-electron chi connectivity index (χ3n) is 2.61. The topological polar surface area (TPSA) is 32.3 Å². The van der Waals surface area contributed by atoms with Gasteiger partial charge < -0.3 is 9.29 Å². The molecule has 0 saturated heterocycles. The zero-order chi connectivity index (χ0) is 14.4. The lowest BCUT2D eigenvalue weighted by molar-refractivity contribution is 0.482. The van der Waals surface area contributed by atoms with E-state index in [-0.39, 0.29) is 0 Å². The lowest BCUT2D eigenvalue weighted by Crippen LogP contribution is -1.96. The second-order valence-corrected chi connectivity index (χ2v) is 6.56. The van der Waals surface area contributed by atoms with Gasteiger partial charge in [0.15, 0.2) is 4.24 Å². The summed E-state index contributed by atoms with van der Waals surface area (Å²) in [6.45, 7) is 0. The lowest BCUT2D eigenvalue weighted by Gasteiger charge is -2.08. The molecule has 0 amide bonds. The molecule has 4 heteroatoms. The molecular formula is C16H16O2S2. The van der Waals surface area contributed by atoms with Crippen molar-refractivity contribution in [1.29, 1.82) is 0 Å². The Labute approximate surface area is 127 Å². The highest BCUT2D eigenvalue weighted by molar-refractivity contribution is 8.18. The molecule has 20 heavy (non-hydrogen) atoms. The second kappa shape index (κ2) is 7.43. The Hall–Kier alpha value is -1.36. The Morgan fingerprint density at radius 2 is 1.80 bits per heavy atom. The molecule has 0 radical (unpaired) electrons. The molecule has 2 nitrogen and oxygen atoms in total. The number of benzene rings is 2. The van der Waals surface area contributed by atoms with Crippen molar-refractivity contribution >= 4 is 29.0 Å². The van der Waals surface area contributed by atoms with Crippen LogP contribution in [0.25, 0.3) is 6.08 Å². The largest absolute Gasteiger partial charge is 0.611 e. The van der Waals surface area contributed by atoms with Gasteiger partial charge in [0.25, 0.3) is 0 Å². The molecule has 2 rings (SSSR count). The summed E-state index contributed by atoms with van der Waals surface area (Å²) in [5, 5.41) is 0. The fourth-order valence-corrected chi connectivity index (χ4v) is 3.18. The van der Waals surface area contributed by atoms with Crippen molar-refractivity contribution < 1.29 is 9.29 Å². The first kappa shape index (κ1) is 15.0. The van der Waals surface area contributed by atoms with E-state index in [1.807, 2.05) is 66.9 Å². The van der Waals surface area contributed by atoms with Gasteiger partial charge >= 0.3 is 0 Å². The number of thioether (sulfide) groups is 1. The summed E-state index contributed by atoms with van der Waals surface area (Å²) in [5.74, 6) is 1.57. The van der Waals surface area contributed by atoms with Crippen LogP contribution in [0.2, 0.25) is 0 Å². The maximum atomic E-state index is 11.5. The van der Waals surface area contributed by atoms with E-state index in [0.29, 0.717) is 0 Å². The van der Waals surface area contributed by atoms with Gasteiger partial charge in [-0.2, -0.15) is 0 Å². The minimum atomic E-state index is -0.965. The second-order valence-electron chi connectivity index (χ2n) is 4.11. The standard InChI is InChI=1S/C16H16O2S2/c1-19-16(20(2)17)12-13-7-6-10-15(11-13)18-14-8-4-3-5-9-14/h3-12H,1-2H3/b16-12+. The van der Waals surface area contributed by atoms with Crippen molar-refractivity contribution in [3.8, 4) is 11.5 Å². The molecule has 1 unspecified atom stereocenters. The number of hydrogen-bond donors (Lipinski definition) is 0. The van der Waals surface area contributed by atoms with Gasteiger partial charge in [-0.3, -0.25) is 0 Å². The van der Waals surface area contributed by atoms with E-state index in [2.05, 4.69) is 0 Å². The van der Waals surface area contributed by atoms with Gasteiger partial charge in [-0.25, -0.2) is 0 Å². The van der Waals surface area contributed by atoms with Crippen LogP contribution < -0.4 is 4.74 Å². The van der Waals surface area contributed by atoms with Gasteiger partial charge in [0.1, 0.15) is 17.8 Å². The number of ether oxygens (including phenoxy) is 1. The Morgan fingerprint density at radius 3 is 2.45 bits per heavy atom. The van der Waals surface area contributed by atoms with Crippen LogP contribution in [0, 0.1) is 0 Å². The van der Waals surface area contributed by atoms with Crippen LogP contribution in [0.5, 0.6) is 11.5 Å². The average molecular weight is 304 g/mol. The van der Waals surface area contributed by atoms with Crippen LogP contribution in [0.1, 0.15) is 5.56 Å². The Balaban J connectivity index is 2.20. The minimum absolute atomic E-state index is 0.771. The van der Waals surface area contributed by atoms with E-state index >= 15 is 0 Å². The first-order valence-electron chi connectivity index (χ1n) is 6.11. The summed E-state index contributed by atoms with van der Waals surface area (Å²) in [6.07, 6.45) is 5.54. The van der Waals surface area contributed by atoms with Crippen molar-refractivity contribution in [2.75, 3.05) is 12.5 Å². The summed E-state index contributed by atoms with van der Waals surface area (Å²) >= 11 is 0.538. The highest BCUT2D eigenvalue weighted by atomic mass is 32.3. The van der Waals surface area contributed by atoms with Crippen molar-refractivity contribution in [3.63, 3.8) is 0 Å². The van der Waals surface area contributed by atoms with E-state index in [4.69, 9.17) is 4.74 Å². The molecule has 1 atom stereocenters. The van der Waals surface area contributed by atoms with Crippen molar-refractivity contribution in [2.45, 2.75) is 0 Å². The highest BCUT2D eigenvalue weighted by Crippen LogP contribution is 2.26. The third kappa shape index (κ3) is 4.34. The number of rotatable bonds is 5. The molecule has 104 valence electrons. The molecule has 0 spiro atoms. The molecule has 0 heterocycles. The van der Waals surface area contributed by atoms with E-state index < -0.39 is 11.2 Å². The van der Waals surface area contributed by atoms with Gasteiger partial charge in [-0.15, -0.1) is 0 Å². The molecule has 0 fully saturated rings. The Kier molecular flexibility index (Phi) is 5.59. The molecule has 0 aliphatic rings. The molecular weight excluding hydrogens is 288 g/mol. The Bertz CT molecular complexity index is 580.